The molecule has 0 aromatic heterocycles. The van der Waals surface area contributed by atoms with Crippen molar-refractivity contribution in [3.8, 4) is 0 Å². The Morgan fingerprint density at radius 3 is 1.40 bits per heavy atom. The molecule has 0 spiro atoms. The van der Waals surface area contributed by atoms with E-state index in [0.717, 1.165) is 83.5 Å². The molecular formula is C51H90NO7P. The third-order valence-corrected chi connectivity index (χ3v) is 10.8. The van der Waals surface area contributed by atoms with Gasteiger partial charge < -0.3 is 20.1 Å². The van der Waals surface area contributed by atoms with Crippen molar-refractivity contribution in [3.63, 3.8) is 0 Å². The van der Waals surface area contributed by atoms with E-state index in [9.17, 15) is 14.3 Å². The van der Waals surface area contributed by atoms with E-state index in [1.54, 1.807) is 0 Å². The Balaban J connectivity index is 4.03. The second kappa shape index (κ2) is 47.7. The van der Waals surface area contributed by atoms with Crippen molar-refractivity contribution in [1.82, 2.24) is 0 Å². The molecule has 0 aliphatic carbocycles. The third-order valence-electron chi connectivity index (χ3n) is 9.80. The molecule has 2 atom stereocenters. The second-order valence-corrected chi connectivity index (χ2v) is 17.0. The number of carbonyl (C=O) groups excluding carboxylic acids is 1. The van der Waals surface area contributed by atoms with Crippen molar-refractivity contribution in [2.45, 2.75) is 200 Å². The van der Waals surface area contributed by atoms with Crippen LogP contribution in [0.25, 0.3) is 0 Å². The fourth-order valence-electron chi connectivity index (χ4n) is 6.29. The van der Waals surface area contributed by atoms with Crippen molar-refractivity contribution in [2.75, 3.05) is 33.0 Å². The van der Waals surface area contributed by atoms with Crippen LogP contribution in [0.1, 0.15) is 194 Å². The van der Waals surface area contributed by atoms with Crippen LogP contribution in [0.15, 0.2) is 85.1 Å². The lowest BCUT2D eigenvalue weighted by Crippen LogP contribution is -2.28. The lowest BCUT2D eigenvalue weighted by molar-refractivity contribution is -0.154. The number of unbranched alkanes of at least 4 members (excludes halogenated alkanes) is 18. The van der Waals surface area contributed by atoms with E-state index in [2.05, 4.69) is 98.9 Å². The minimum Gasteiger partial charge on any atom is -0.457 e. The van der Waals surface area contributed by atoms with Gasteiger partial charge in [-0.3, -0.25) is 13.8 Å². The maximum atomic E-state index is 12.6. The van der Waals surface area contributed by atoms with Crippen LogP contribution < -0.4 is 5.73 Å². The van der Waals surface area contributed by atoms with Gasteiger partial charge in [-0.1, -0.05) is 182 Å². The first kappa shape index (κ1) is 57.7. The summed E-state index contributed by atoms with van der Waals surface area (Å²) in [5, 5.41) is 0. The number of hydrogen-bond donors (Lipinski definition) is 2. The van der Waals surface area contributed by atoms with Gasteiger partial charge in [-0.2, -0.15) is 0 Å². The minimum absolute atomic E-state index is 0.0926. The Morgan fingerprint density at radius 1 is 0.517 bits per heavy atom. The van der Waals surface area contributed by atoms with Crippen LogP contribution in [0.2, 0.25) is 0 Å². The summed E-state index contributed by atoms with van der Waals surface area (Å²) in [7, 11) is -4.29. The van der Waals surface area contributed by atoms with Gasteiger partial charge in [0.25, 0.3) is 0 Å². The van der Waals surface area contributed by atoms with Gasteiger partial charge in [0.05, 0.1) is 19.8 Å². The highest BCUT2D eigenvalue weighted by Crippen LogP contribution is 2.43. The summed E-state index contributed by atoms with van der Waals surface area (Å²) >= 11 is 0. The van der Waals surface area contributed by atoms with E-state index >= 15 is 0 Å². The molecule has 0 rings (SSSR count). The quantitative estimate of drug-likeness (QED) is 0.0269. The fraction of sp³-hybridized carbons (Fsp3) is 0.706. The molecule has 8 nitrogen and oxygen atoms in total. The first-order valence-electron chi connectivity index (χ1n) is 24.1. The fourth-order valence-corrected chi connectivity index (χ4v) is 7.05. The Labute approximate surface area is 368 Å². The topological polar surface area (TPSA) is 117 Å². The number of rotatable bonds is 45. The molecule has 0 heterocycles. The molecule has 0 aromatic rings. The summed E-state index contributed by atoms with van der Waals surface area (Å²) in [5.41, 5.74) is 5.38. The Bertz CT molecular complexity index is 1190. The molecular weight excluding hydrogens is 770 g/mol. The highest BCUT2D eigenvalue weighted by Gasteiger charge is 2.25. The van der Waals surface area contributed by atoms with E-state index in [-0.39, 0.29) is 32.3 Å². The molecule has 0 aliphatic heterocycles. The normalized spacial score (nSPS) is 14.1. The maximum absolute atomic E-state index is 12.6. The van der Waals surface area contributed by atoms with Crippen LogP contribution in [0.5, 0.6) is 0 Å². The molecule has 0 bridgehead atoms. The molecule has 346 valence electrons. The number of hydrogen-bond acceptors (Lipinski definition) is 7. The number of nitrogens with two attached hydrogens (primary N) is 1. The number of phosphoric ester groups is 1. The summed E-state index contributed by atoms with van der Waals surface area (Å²) in [6.07, 6.45) is 61.7. The van der Waals surface area contributed by atoms with Gasteiger partial charge in [0.1, 0.15) is 6.10 Å². The number of carbonyl (C=O) groups is 1. The Kier molecular flexibility index (Phi) is 45.9. The summed E-state index contributed by atoms with van der Waals surface area (Å²) in [4.78, 5) is 22.6. The van der Waals surface area contributed by atoms with Gasteiger partial charge in [0, 0.05) is 19.6 Å². The monoisotopic (exact) mass is 860 g/mol. The zero-order chi connectivity index (χ0) is 43.7. The highest BCUT2D eigenvalue weighted by atomic mass is 31.2. The first-order chi connectivity index (χ1) is 29.4. The summed E-state index contributed by atoms with van der Waals surface area (Å²) in [6.45, 7) is 4.74. The van der Waals surface area contributed by atoms with Gasteiger partial charge in [0.2, 0.25) is 0 Å². The molecule has 0 amide bonds. The van der Waals surface area contributed by atoms with Gasteiger partial charge >= 0.3 is 13.8 Å². The Hall–Kier alpha value is -2.32. The zero-order valence-corrected chi connectivity index (χ0v) is 39.3. The largest absolute Gasteiger partial charge is 0.472 e. The molecule has 2 unspecified atom stereocenters. The van der Waals surface area contributed by atoms with E-state index < -0.39 is 13.9 Å². The van der Waals surface area contributed by atoms with Crippen LogP contribution in [0, 0.1) is 0 Å². The van der Waals surface area contributed by atoms with Crippen molar-refractivity contribution in [2.24, 2.45) is 5.73 Å². The molecule has 0 saturated heterocycles. The smallest absolute Gasteiger partial charge is 0.457 e. The lowest BCUT2D eigenvalue weighted by Gasteiger charge is -2.20. The second-order valence-electron chi connectivity index (χ2n) is 15.6. The van der Waals surface area contributed by atoms with Crippen molar-refractivity contribution in [3.05, 3.63) is 85.1 Å². The van der Waals surface area contributed by atoms with E-state index in [1.165, 1.54) is 89.9 Å². The van der Waals surface area contributed by atoms with Gasteiger partial charge in [-0.15, -0.1) is 0 Å². The zero-order valence-electron chi connectivity index (χ0n) is 38.4. The van der Waals surface area contributed by atoms with Gasteiger partial charge in [-0.05, 0) is 89.9 Å². The van der Waals surface area contributed by atoms with Crippen LogP contribution in [-0.4, -0.2) is 49.9 Å². The van der Waals surface area contributed by atoms with Crippen LogP contribution in [-0.2, 0) is 27.9 Å². The standard InChI is InChI=1S/C51H90NO7P/c1-3-5-7-9-11-13-15-17-19-21-23-24-25-27-29-31-33-35-37-39-41-43-46-56-48-50(49-58-60(54,55)57-47-45-52)59-51(53)44-42-40-38-36-34-32-30-28-26-22-20-18-16-14-12-10-8-6-4-2/h5,7,11-14,17-20,23-24,26,28,50H,3-4,6,8-10,15-16,21-22,25,27,29-49,52H2,1-2H3,(H,54,55)/b7-5-,13-11-,14-12-,19-17-,20-18-,24-23-,28-26-. The van der Waals surface area contributed by atoms with E-state index in [0.29, 0.717) is 13.0 Å². The molecule has 0 radical (unpaired) electrons. The van der Waals surface area contributed by atoms with Crippen molar-refractivity contribution >= 4 is 13.8 Å². The molecule has 0 fully saturated rings. The molecule has 9 heteroatoms. The molecule has 0 saturated carbocycles. The summed E-state index contributed by atoms with van der Waals surface area (Å²) in [6, 6.07) is 0. The van der Waals surface area contributed by atoms with E-state index in [4.69, 9.17) is 24.3 Å². The van der Waals surface area contributed by atoms with Gasteiger partial charge in [-0.25, -0.2) is 4.57 Å². The first-order valence-corrected chi connectivity index (χ1v) is 25.6. The van der Waals surface area contributed by atoms with Crippen LogP contribution in [0.4, 0.5) is 0 Å². The summed E-state index contributed by atoms with van der Waals surface area (Å²) < 4.78 is 33.5. The number of allylic oxidation sites excluding steroid dienone is 14. The molecule has 0 aromatic carbocycles. The van der Waals surface area contributed by atoms with Crippen LogP contribution in [0.3, 0.4) is 0 Å². The minimum atomic E-state index is -4.29. The number of esters is 1. The lowest BCUT2D eigenvalue weighted by atomic mass is 10.1. The average molecular weight is 860 g/mol. The predicted octanol–water partition coefficient (Wildman–Crippen LogP) is 14.9. The Morgan fingerprint density at radius 2 is 0.933 bits per heavy atom. The molecule has 0 aliphatic rings. The predicted molar refractivity (Wildman–Crippen MR) is 256 cm³/mol. The maximum Gasteiger partial charge on any atom is 0.472 e. The molecule has 60 heavy (non-hydrogen) atoms. The SMILES string of the molecule is CC/C=C\C/C=C\C/C=C\C/C=C\CCCCCCCCCCCOCC(COP(=O)(O)OCCN)OC(=O)CCCCCCCC/C=C\C/C=C\C/C=C\CCCCC. The number of ether oxygens (including phenoxy) is 2. The van der Waals surface area contributed by atoms with Crippen LogP contribution >= 0.6 is 7.82 Å². The average Bonchev–Trinajstić information content (AvgIpc) is 3.24. The summed E-state index contributed by atoms with van der Waals surface area (Å²) in [5.74, 6) is -0.347. The number of phosphoric acid groups is 1. The van der Waals surface area contributed by atoms with Gasteiger partial charge in [0.15, 0.2) is 0 Å². The highest BCUT2D eigenvalue weighted by molar-refractivity contribution is 7.47. The van der Waals surface area contributed by atoms with E-state index in [1.807, 2.05) is 0 Å². The third kappa shape index (κ3) is 46.7. The van der Waals surface area contributed by atoms with Crippen molar-refractivity contribution in [1.29, 1.82) is 0 Å². The van der Waals surface area contributed by atoms with Crippen molar-refractivity contribution < 1.29 is 32.8 Å². The molecule has 3 N–H and O–H groups in total.